The molecule has 2 aliphatic heterocycles. The standard InChI is InChI=1S/C27H25NO4/c1-27(2)12-18-23-17-7-5-4-6-15(17)8-9-19(23)28-25(24(18)20(29)13-27)16-10-21(30-3)26-22(11-16)31-14-32-26/h4-11,25,28H,12-14H2,1-3H3/t25-/m0/s1. The van der Waals surface area contributed by atoms with E-state index in [9.17, 15) is 4.79 Å². The lowest BCUT2D eigenvalue weighted by atomic mass is 9.68. The molecule has 3 aromatic carbocycles. The average molecular weight is 428 g/mol. The molecule has 1 atom stereocenters. The Balaban J connectivity index is 1.61. The van der Waals surface area contributed by atoms with E-state index < -0.39 is 0 Å². The second-order valence-corrected chi connectivity index (χ2v) is 9.58. The molecule has 0 radical (unpaired) electrons. The van der Waals surface area contributed by atoms with Gasteiger partial charge in [-0.1, -0.05) is 44.2 Å². The van der Waals surface area contributed by atoms with Gasteiger partial charge in [0.05, 0.1) is 13.2 Å². The fourth-order valence-corrected chi connectivity index (χ4v) is 5.40. The van der Waals surface area contributed by atoms with Crippen LogP contribution in [0.1, 0.15) is 43.9 Å². The maximum absolute atomic E-state index is 13.6. The van der Waals surface area contributed by atoms with Crippen LogP contribution in [0.25, 0.3) is 16.3 Å². The largest absolute Gasteiger partial charge is 0.493 e. The Bertz CT molecular complexity index is 1320. The first-order chi connectivity index (χ1) is 15.4. The molecule has 0 spiro atoms. The Morgan fingerprint density at radius 2 is 1.91 bits per heavy atom. The van der Waals surface area contributed by atoms with E-state index in [-0.39, 0.29) is 24.0 Å². The van der Waals surface area contributed by atoms with Gasteiger partial charge in [-0.2, -0.15) is 0 Å². The molecular weight excluding hydrogens is 402 g/mol. The molecule has 1 N–H and O–H groups in total. The van der Waals surface area contributed by atoms with Crippen molar-refractivity contribution >= 4 is 27.8 Å². The number of ether oxygens (including phenoxy) is 3. The van der Waals surface area contributed by atoms with Gasteiger partial charge in [0.1, 0.15) is 0 Å². The molecule has 32 heavy (non-hydrogen) atoms. The highest BCUT2D eigenvalue weighted by Gasteiger charge is 2.41. The van der Waals surface area contributed by atoms with Gasteiger partial charge in [0, 0.05) is 23.2 Å². The normalized spacial score (nSPS) is 20.6. The summed E-state index contributed by atoms with van der Waals surface area (Å²) in [4.78, 5) is 13.6. The molecule has 5 heteroatoms. The summed E-state index contributed by atoms with van der Waals surface area (Å²) in [6.45, 7) is 4.53. The first-order valence-corrected chi connectivity index (χ1v) is 11.0. The molecule has 0 bridgehead atoms. The van der Waals surface area contributed by atoms with Gasteiger partial charge in [0.25, 0.3) is 0 Å². The molecule has 1 aliphatic carbocycles. The fourth-order valence-electron chi connectivity index (χ4n) is 5.40. The van der Waals surface area contributed by atoms with Gasteiger partial charge in [-0.25, -0.2) is 0 Å². The van der Waals surface area contributed by atoms with Gasteiger partial charge in [-0.15, -0.1) is 0 Å². The van der Waals surface area contributed by atoms with Gasteiger partial charge in [-0.3, -0.25) is 4.79 Å². The molecule has 6 rings (SSSR count). The fraction of sp³-hybridized carbons (Fsp3) is 0.296. The summed E-state index contributed by atoms with van der Waals surface area (Å²) in [7, 11) is 1.62. The highest BCUT2D eigenvalue weighted by atomic mass is 16.7. The second kappa shape index (κ2) is 6.76. The van der Waals surface area contributed by atoms with E-state index in [0.29, 0.717) is 23.7 Å². The second-order valence-electron chi connectivity index (χ2n) is 9.58. The lowest BCUT2D eigenvalue weighted by molar-refractivity contribution is -0.118. The van der Waals surface area contributed by atoms with E-state index in [2.05, 4.69) is 55.6 Å². The molecular formula is C27H25NO4. The van der Waals surface area contributed by atoms with Crippen molar-refractivity contribution in [2.24, 2.45) is 5.41 Å². The number of anilines is 1. The molecule has 0 saturated heterocycles. The Kier molecular flexibility index (Phi) is 4.06. The summed E-state index contributed by atoms with van der Waals surface area (Å²) in [5, 5.41) is 6.03. The number of allylic oxidation sites excluding steroid dienone is 1. The highest BCUT2D eigenvalue weighted by Crippen LogP contribution is 2.53. The van der Waals surface area contributed by atoms with Crippen molar-refractivity contribution in [3.63, 3.8) is 0 Å². The van der Waals surface area contributed by atoms with Crippen molar-refractivity contribution in [2.75, 3.05) is 19.2 Å². The summed E-state index contributed by atoms with van der Waals surface area (Å²) < 4.78 is 16.8. The SMILES string of the molecule is COc1cc([C@@H]2Nc3ccc4ccccc4c3C3=C2C(=O)CC(C)(C)C3)cc2c1OCO2. The van der Waals surface area contributed by atoms with Crippen molar-refractivity contribution in [1.29, 1.82) is 0 Å². The topological polar surface area (TPSA) is 56.8 Å². The number of hydrogen-bond acceptors (Lipinski definition) is 5. The van der Waals surface area contributed by atoms with E-state index in [4.69, 9.17) is 14.2 Å². The van der Waals surface area contributed by atoms with E-state index in [0.717, 1.165) is 34.4 Å². The van der Waals surface area contributed by atoms with Crippen LogP contribution in [0.5, 0.6) is 17.2 Å². The number of ketones is 1. The van der Waals surface area contributed by atoms with Gasteiger partial charge in [-0.05, 0) is 51.9 Å². The van der Waals surface area contributed by atoms with Crippen LogP contribution < -0.4 is 19.5 Å². The first-order valence-electron chi connectivity index (χ1n) is 11.0. The number of carbonyl (C=O) groups excluding carboxylic acids is 1. The molecule has 162 valence electrons. The highest BCUT2D eigenvalue weighted by molar-refractivity contribution is 6.12. The molecule has 3 aromatic rings. The average Bonchev–Trinajstić information content (AvgIpc) is 3.25. The zero-order valence-electron chi connectivity index (χ0n) is 18.5. The number of Topliss-reactive ketones (excluding diaryl/α,β-unsaturated/α-hetero) is 1. The van der Waals surface area contributed by atoms with Crippen LogP contribution >= 0.6 is 0 Å². The molecule has 2 heterocycles. The van der Waals surface area contributed by atoms with Gasteiger partial charge in [0.2, 0.25) is 12.5 Å². The zero-order valence-corrected chi connectivity index (χ0v) is 18.5. The maximum atomic E-state index is 13.6. The molecule has 0 amide bonds. The summed E-state index contributed by atoms with van der Waals surface area (Å²) in [6.07, 6.45) is 1.39. The minimum Gasteiger partial charge on any atom is -0.493 e. The van der Waals surface area contributed by atoms with Gasteiger partial charge < -0.3 is 19.5 Å². The van der Waals surface area contributed by atoms with E-state index in [1.54, 1.807) is 7.11 Å². The van der Waals surface area contributed by atoms with Crippen molar-refractivity contribution in [3.05, 3.63) is 65.2 Å². The van der Waals surface area contributed by atoms with Crippen LogP contribution in [-0.2, 0) is 4.79 Å². The summed E-state index contributed by atoms with van der Waals surface area (Å²) in [6, 6.07) is 16.3. The summed E-state index contributed by atoms with van der Waals surface area (Å²) >= 11 is 0. The lowest BCUT2D eigenvalue weighted by Crippen LogP contribution is -2.33. The quantitative estimate of drug-likeness (QED) is 0.553. The molecule has 0 aromatic heterocycles. The smallest absolute Gasteiger partial charge is 0.231 e. The van der Waals surface area contributed by atoms with Crippen LogP contribution in [-0.4, -0.2) is 19.7 Å². The zero-order chi connectivity index (χ0) is 22.0. The Morgan fingerprint density at radius 3 is 2.75 bits per heavy atom. The van der Waals surface area contributed by atoms with Crippen molar-refractivity contribution < 1.29 is 19.0 Å². The third kappa shape index (κ3) is 2.80. The monoisotopic (exact) mass is 427 g/mol. The third-order valence-corrected chi connectivity index (χ3v) is 6.75. The number of hydrogen-bond donors (Lipinski definition) is 1. The van der Waals surface area contributed by atoms with Gasteiger partial charge in [0.15, 0.2) is 17.3 Å². The Labute approximate surface area is 187 Å². The number of benzene rings is 3. The van der Waals surface area contributed by atoms with Crippen LogP contribution in [0.3, 0.4) is 0 Å². The number of rotatable bonds is 2. The number of carbonyl (C=O) groups is 1. The minimum atomic E-state index is -0.273. The van der Waals surface area contributed by atoms with Crippen LogP contribution in [0.4, 0.5) is 5.69 Å². The molecule has 0 fully saturated rings. The van der Waals surface area contributed by atoms with Crippen LogP contribution in [0.2, 0.25) is 0 Å². The van der Waals surface area contributed by atoms with Crippen molar-refractivity contribution in [3.8, 4) is 17.2 Å². The third-order valence-electron chi connectivity index (χ3n) is 6.75. The van der Waals surface area contributed by atoms with E-state index in [1.807, 2.05) is 12.1 Å². The minimum absolute atomic E-state index is 0.0847. The number of nitrogens with one attached hydrogen (secondary N) is 1. The molecule has 0 saturated carbocycles. The predicted molar refractivity (Wildman–Crippen MR) is 124 cm³/mol. The van der Waals surface area contributed by atoms with E-state index >= 15 is 0 Å². The Hall–Kier alpha value is -3.47. The van der Waals surface area contributed by atoms with E-state index in [1.165, 1.54) is 10.8 Å². The summed E-state index contributed by atoms with van der Waals surface area (Å²) in [5.74, 6) is 2.08. The van der Waals surface area contributed by atoms with Crippen molar-refractivity contribution in [1.82, 2.24) is 0 Å². The van der Waals surface area contributed by atoms with Crippen molar-refractivity contribution in [2.45, 2.75) is 32.7 Å². The molecule has 5 nitrogen and oxygen atoms in total. The molecule has 0 unspecified atom stereocenters. The molecule has 3 aliphatic rings. The maximum Gasteiger partial charge on any atom is 0.231 e. The van der Waals surface area contributed by atoms with Crippen LogP contribution in [0.15, 0.2) is 54.1 Å². The Morgan fingerprint density at radius 1 is 1.06 bits per heavy atom. The number of fused-ring (bicyclic) bond motifs is 5. The van der Waals surface area contributed by atoms with Gasteiger partial charge >= 0.3 is 0 Å². The first kappa shape index (κ1) is 19.2. The lowest BCUT2D eigenvalue weighted by Gasteiger charge is -2.40. The predicted octanol–water partition coefficient (Wildman–Crippen LogP) is 5.89. The number of methoxy groups -OCH3 is 1. The summed E-state index contributed by atoms with van der Waals surface area (Å²) in [5.41, 5.74) is 5.06. The van der Waals surface area contributed by atoms with Crippen LogP contribution in [0, 0.1) is 5.41 Å².